The molecule has 0 saturated carbocycles. The highest BCUT2D eigenvalue weighted by Crippen LogP contribution is 2.48. The summed E-state index contributed by atoms with van der Waals surface area (Å²) in [6.07, 6.45) is 8.83. The van der Waals surface area contributed by atoms with Crippen LogP contribution in [-0.2, 0) is 18.5 Å². The van der Waals surface area contributed by atoms with E-state index in [1.54, 1.807) is 0 Å². The topological polar surface area (TPSA) is 7.76 Å². The Labute approximate surface area is 150 Å². The molecule has 3 aromatic rings. The third-order valence-electron chi connectivity index (χ3n) is 5.63. The van der Waals surface area contributed by atoms with Crippen LogP contribution < -0.4 is 9.13 Å². The largest absolute Gasteiger partial charge is 0.205 e. The van der Waals surface area contributed by atoms with Crippen molar-refractivity contribution in [2.45, 2.75) is 46.2 Å². The van der Waals surface area contributed by atoms with Crippen molar-refractivity contribution in [3.63, 3.8) is 0 Å². The maximum absolute atomic E-state index is 2.39. The van der Waals surface area contributed by atoms with E-state index in [0.717, 1.165) is 13.1 Å². The van der Waals surface area contributed by atoms with Gasteiger partial charge in [0.05, 0.1) is 0 Å². The summed E-state index contributed by atoms with van der Waals surface area (Å²) in [5.41, 5.74) is 8.24. The normalized spacial score (nSPS) is 14.2. The van der Waals surface area contributed by atoms with Crippen molar-refractivity contribution in [2.24, 2.45) is 0 Å². The van der Waals surface area contributed by atoms with E-state index in [1.165, 1.54) is 33.4 Å². The second-order valence-electron chi connectivity index (χ2n) is 7.41. The molecular weight excluding hydrogens is 304 g/mol. The Bertz CT molecular complexity index is 937. The van der Waals surface area contributed by atoms with Crippen LogP contribution in [0.4, 0.5) is 0 Å². The smallest absolute Gasteiger partial charge is 0.173 e. The van der Waals surface area contributed by atoms with Crippen molar-refractivity contribution < 1.29 is 9.13 Å². The number of aryl methyl sites for hydroxylation is 2. The molecule has 0 amide bonds. The number of benzene rings is 1. The minimum absolute atomic E-state index is 0.0387. The highest BCUT2D eigenvalue weighted by atomic mass is 14.9. The van der Waals surface area contributed by atoms with Gasteiger partial charge in [0.15, 0.2) is 24.8 Å². The Hall–Kier alpha value is -2.48. The van der Waals surface area contributed by atoms with Gasteiger partial charge in [0.25, 0.3) is 0 Å². The summed E-state index contributed by atoms with van der Waals surface area (Å²) in [6.45, 7) is 11.1. The minimum atomic E-state index is 0.0387. The maximum Gasteiger partial charge on any atom is 0.173 e. The Morgan fingerprint density at radius 2 is 1.36 bits per heavy atom. The summed E-state index contributed by atoms with van der Waals surface area (Å²) >= 11 is 0. The van der Waals surface area contributed by atoms with Crippen LogP contribution in [0.1, 0.15) is 38.8 Å². The molecule has 0 aliphatic heterocycles. The molecule has 0 unspecified atom stereocenters. The van der Waals surface area contributed by atoms with Gasteiger partial charge in [-0.2, -0.15) is 0 Å². The van der Waals surface area contributed by atoms with Gasteiger partial charge in [-0.05, 0) is 47.7 Å². The molecule has 1 aliphatic rings. The first-order valence-corrected chi connectivity index (χ1v) is 9.22. The molecule has 0 N–H and O–H groups in total. The summed E-state index contributed by atoms with van der Waals surface area (Å²) in [5.74, 6) is 0. The number of aromatic nitrogens is 2. The quantitative estimate of drug-likeness (QED) is 0.634. The molecule has 126 valence electrons. The highest BCUT2D eigenvalue weighted by molar-refractivity contribution is 5.82. The first kappa shape index (κ1) is 16.0. The van der Waals surface area contributed by atoms with Gasteiger partial charge < -0.3 is 0 Å². The Morgan fingerprint density at radius 1 is 0.720 bits per heavy atom. The zero-order valence-electron chi connectivity index (χ0n) is 15.6. The van der Waals surface area contributed by atoms with Gasteiger partial charge in [0.2, 0.25) is 0 Å². The second-order valence-corrected chi connectivity index (χ2v) is 7.41. The fraction of sp³-hybridized carbons (Fsp3) is 0.304. The molecule has 2 nitrogen and oxygen atoms in total. The van der Waals surface area contributed by atoms with E-state index in [1.807, 2.05) is 0 Å². The molecule has 0 atom stereocenters. The van der Waals surface area contributed by atoms with Crippen molar-refractivity contribution >= 4 is 0 Å². The van der Waals surface area contributed by atoms with E-state index in [4.69, 9.17) is 0 Å². The van der Waals surface area contributed by atoms with Gasteiger partial charge in [-0.15, -0.1) is 0 Å². The lowest BCUT2D eigenvalue weighted by molar-refractivity contribution is -0.694. The van der Waals surface area contributed by atoms with E-state index in [9.17, 15) is 0 Å². The molecule has 0 spiro atoms. The molecule has 1 aliphatic carbocycles. The number of rotatable bonds is 3. The highest BCUT2D eigenvalue weighted by Gasteiger charge is 2.37. The zero-order chi connectivity index (χ0) is 17.6. The maximum atomic E-state index is 2.39. The molecule has 0 saturated heterocycles. The van der Waals surface area contributed by atoms with Crippen LogP contribution in [-0.4, -0.2) is 0 Å². The van der Waals surface area contributed by atoms with Crippen LogP contribution in [0.2, 0.25) is 0 Å². The van der Waals surface area contributed by atoms with E-state index in [2.05, 4.69) is 98.0 Å². The third-order valence-corrected chi connectivity index (χ3v) is 5.63. The van der Waals surface area contributed by atoms with E-state index >= 15 is 0 Å². The van der Waals surface area contributed by atoms with Gasteiger partial charge in [-0.3, -0.25) is 0 Å². The number of fused-ring (bicyclic) bond motifs is 3. The summed E-state index contributed by atoms with van der Waals surface area (Å²) in [5, 5.41) is 0. The lowest BCUT2D eigenvalue weighted by atomic mass is 9.82. The second kappa shape index (κ2) is 5.80. The molecule has 2 aromatic heterocycles. The summed E-state index contributed by atoms with van der Waals surface area (Å²) in [7, 11) is 0. The number of hydrogen-bond donors (Lipinski definition) is 0. The third kappa shape index (κ3) is 2.48. The number of hydrogen-bond acceptors (Lipinski definition) is 0. The molecule has 4 rings (SSSR count). The predicted octanol–water partition coefficient (Wildman–Crippen LogP) is 4.27. The van der Waals surface area contributed by atoms with E-state index < -0.39 is 0 Å². The lowest BCUT2D eigenvalue weighted by Gasteiger charge is -2.20. The van der Waals surface area contributed by atoms with Crippen molar-refractivity contribution in [2.75, 3.05) is 0 Å². The fourth-order valence-electron chi connectivity index (χ4n) is 3.95. The van der Waals surface area contributed by atoms with Gasteiger partial charge in [0, 0.05) is 29.2 Å². The van der Waals surface area contributed by atoms with Crippen LogP contribution in [0.3, 0.4) is 0 Å². The fourth-order valence-corrected chi connectivity index (χ4v) is 3.95. The van der Waals surface area contributed by atoms with Gasteiger partial charge >= 0.3 is 0 Å². The van der Waals surface area contributed by atoms with Crippen LogP contribution in [0.25, 0.3) is 22.3 Å². The molecule has 2 heterocycles. The molecule has 1 aromatic carbocycles. The van der Waals surface area contributed by atoms with E-state index in [0.29, 0.717) is 0 Å². The van der Waals surface area contributed by atoms with Crippen molar-refractivity contribution in [1.82, 2.24) is 0 Å². The van der Waals surface area contributed by atoms with Gasteiger partial charge in [-0.25, -0.2) is 9.13 Å². The van der Waals surface area contributed by atoms with Crippen LogP contribution in [0.15, 0.2) is 61.2 Å². The van der Waals surface area contributed by atoms with E-state index in [-0.39, 0.29) is 5.41 Å². The van der Waals surface area contributed by atoms with Crippen LogP contribution >= 0.6 is 0 Å². The molecule has 25 heavy (non-hydrogen) atoms. The van der Waals surface area contributed by atoms with Gasteiger partial charge in [-0.1, -0.05) is 26.0 Å². The minimum Gasteiger partial charge on any atom is -0.205 e. The molecule has 2 heteroatoms. The van der Waals surface area contributed by atoms with Crippen LogP contribution in [0, 0.1) is 0 Å². The molecule has 0 fully saturated rings. The monoisotopic (exact) mass is 330 g/mol. The first-order valence-electron chi connectivity index (χ1n) is 9.22. The number of nitrogens with zero attached hydrogens (tertiary/aromatic N) is 2. The summed E-state index contributed by atoms with van der Waals surface area (Å²) in [6, 6.07) is 13.7. The summed E-state index contributed by atoms with van der Waals surface area (Å²) < 4.78 is 4.47. The predicted molar refractivity (Wildman–Crippen MR) is 101 cm³/mol. The van der Waals surface area contributed by atoms with Crippen molar-refractivity contribution in [3.8, 4) is 22.3 Å². The zero-order valence-corrected chi connectivity index (χ0v) is 15.6. The molecule has 0 radical (unpaired) electrons. The Kier molecular flexibility index (Phi) is 3.72. The average molecular weight is 330 g/mol. The van der Waals surface area contributed by atoms with Crippen molar-refractivity contribution in [1.29, 1.82) is 0 Å². The van der Waals surface area contributed by atoms with Crippen LogP contribution in [0.5, 0.6) is 0 Å². The average Bonchev–Trinajstić information content (AvgIpc) is 2.88. The SMILES string of the molecule is CC[n+]1ccc(-c2ccc3c(c2)C(C)(C)c2c[n+](CC)ccc2-3)cc1. The lowest BCUT2D eigenvalue weighted by Crippen LogP contribution is -2.33. The Balaban J connectivity index is 1.83. The van der Waals surface area contributed by atoms with Crippen molar-refractivity contribution in [3.05, 3.63) is 72.3 Å². The molecular formula is C23H26N2+2. The first-order chi connectivity index (χ1) is 12.0. The molecule has 0 bridgehead atoms. The number of pyridine rings is 2. The standard InChI is InChI=1S/C23H26N2/c1-5-24-12-9-17(10-13-24)18-7-8-19-20-11-14-25(6-2)16-22(20)23(3,4)21(19)15-18/h7-16H,5-6H2,1-4H3/q+2. The summed E-state index contributed by atoms with van der Waals surface area (Å²) in [4.78, 5) is 0. The Morgan fingerprint density at radius 3 is 2.04 bits per heavy atom. The van der Waals surface area contributed by atoms with Gasteiger partial charge in [0.1, 0.15) is 13.1 Å².